The molecule has 7 nitrogen and oxygen atoms in total. The Balaban J connectivity index is 2.15. The van der Waals surface area contributed by atoms with Crippen molar-refractivity contribution in [3.8, 4) is 0 Å². The van der Waals surface area contributed by atoms with Crippen molar-refractivity contribution < 1.29 is 14.5 Å². The zero-order valence-corrected chi connectivity index (χ0v) is 16.6. The molecule has 1 atom stereocenters. The van der Waals surface area contributed by atoms with E-state index in [1.165, 1.54) is 12.1 Å². The summed E-state index contributed by atoms with van der Waals surface area (Å²) in [5.74, 6) is -1.15. The Morgan fingerprint density at radius 1 is 1.14 bits per heavy atom. The number of carbonyl (C=O) groups excluding carboxylic acids is 2. The summed E-state index contributed by atoms with van der Waals surface area (Å²) in [6.45, 7) is 5.64. The summed E-state index contributed by atoms with van der Waals surface area (Å²) < 4.78 is 0. The van der Waals surface area contributed by atoms with E-state index in [1.807, 2.05) is 19.1 Å². The molecule has 0 spiro atoms. The maximum absolute atomic E-state index is 12.6. The van der Waals surface area contributed by atoms with Crippen LogP contribution in [0.4, 0.5) is 11.4 Å². The van der Waals surface area contributed by atoms with Crippen LogP contribution in [0, 0.1) is 16.0 Å². The number of nitro benzene ring substituents is 1. The van der Waals surface area contributed by atoms with Gasteiger partial charge in [0.15, 0.2) is 0 Å². The van der Waals surface area contributed by atoms with Gasteiger partial charge in [0, 0.05) is 17.3 Å². The first-order valence-electron chi connectivity index (χ1n) is 8.87. The van der Waals surface area contributed by atoms with Crippen LogP contribution in [0.15, 0.2) is 42.5 Å². The average molecular weight is 404 g/mol. The molecular weight excluding hydrogens is 382 g/mol. The largest absolute Gasteiger partial charge is 0.340 e. The monoisotopic (exact) mass is 403 g/mol. The predicted molar refractivity (Wildman–Crippen MR) is 109 cm³/mol. The third-order valence-electron chi connectivity index (χ3n) is 4.27. The highest BCUT2D eigenvalue weighted by atomic mass is 35.5. The van der Waals surface area contributed by atoms with Crippen molar-refractivity contribution in [1.29, 1.82) is 0 Å². The van der Waals surface area contributed by atoms with Gasteiger partial charge < -0.3 is 10.6 Å². The van der Waals surface area contributed by atoms with Crippen LogP contribution in [0.5, 0.6) is 0 Å². The number of anilines is 1. The van der Waals surface area contributed by atoms with Crippen LogP contribution < -0.4 is 10.6 Å². The first-order valence-corrected chi connectivity index (χ1v) is 9.25. The van der Waals surface area contributed by atoms with E-state index >= 15 is 0 Å². The molecular formula is C20H22ClN3O4. The van der Waals surface area contributed by atoms with Gasteiger partial charge in [0.1, 0.15) is 11.1 Å². The summed E-state index contributed by atoms with van der Waals surface area (Å²) in [7, 11) is 0. The van der Waals surface area contributed by atoms with Crippen molar-refractivity contribution in [3.05, 3.63) is 68.7 Å². The van der Waals surface area contributed by atoms with Gasteiger partial charge in [0.05, 0.1) is 4.92 Å². The number of nitrogens with zero attached hydrogens (tertiary/aromatic N) is 1. The van der Waals surface area contributed by atoms with Gasteiger partial charge in [0.25, 0.3) is 11.6 Å². The zero-order valence-electron chi connectivity index (χ0n) is 15.9. The van der Waals surface area contributed by atoms with Crippen LogP contribution in [0.3, 0.4) is 0 Å². The molecule has 0 bridgehead atoms. The predicted octanol–water partition coefficient (Wildman–Crippen LogP) is 4.20. The molecule has 2 aromatic rings. The molecule has 0 saturated heterocycles. The minimum absolute atomic E-state index is 0.0573. The lowest BCUT2D eigenvalue weighted by molar-refractivity contribution is -0.384. The van der Waals surface area contributed by atoms with Crippen LogP contribution in [0.25, 0.3) is 0 Å². The Morgan fingerprint density at radius 3 is 2.32 bits per heavy atom. The first kappa shape index (κ1) is 21.4. The topological polar surface area (TPSA) is 101 Å². The summed E-state index contributed by atoms with van der Waals surface area (Å²) in [6, 6.07) is 10.4. The molecule has 0 aromatic heterocycles. The molecule has 0 saturated carbocycles. The lowest BCUT2D eigenvalue weighted by Gasteiger charge is -2.22. The first-order chi connectivity index (χ1) is 13.2. The van der Waals surface area contributed by atoms with Crippen LogP contribution in [0.2, 0.25) is 5.02 Å². The second kappa shape index (κ2) is 9.32. The molecule has 0 aliphatic rings. The van der Waals surface area contributed by atoms with Crippen molar-refractivity contribution in [2.75, 3.05) is 5.32 Å². The van der Waals surface area contributed by atoms with Gasteiger partial charge in [-0.1, -0.05) is 44.5 Å². The highest BCUT2D eigenvalue weighted by Crippen LogP contribution is 2.25. The molecule has 148 valence electrons. The molecule has 0 aliphatic heterocycles. The standard InChI is InChI=1S/C20H22ClN3O4/c1-4-13-5-8-15(9-6-13)22-20(26)18(12(2)3)23-19(25)14-7-10-16(21)17(11-14)24(27)28/h5-12,18H,4H2,1-3H3,(H,22,26)(H,23,25). The molecule has 0 fully saturated rings. The molecule has 8 heteroatoms. The molecule has 1 unspecified atom stereocenters. The summed E-state index contributed by atoms with van der Waals surface area (Å²) in [4.78, 5) is 35.5. The van der Waals surface area contributed by atoms with Gasteiger partial charge in [-0.2, -0.15) is 0 Å². The molecule has 2 amide bonds. The molecule has 0 radical (unpaired) electrons. The number of rotatable bonds is 7. The molecule has 2 rings (SSSR count). The number of amides is 2. The summed E-state index contributed by atoms with van der Waals surface area (Å²) >= 11 is 5.78. The number of carbonyl (C=O) groups is 2. The van der Waals surface area contributed by atoms with Gasteiger partial charge in [-0.3, -0.25) is 19.7 Å². The normalized spacial score (nSPS) is 11.8. The zero-order chi connectivity index (χ0) is 20.8. The van der Waals surface area contributed by atoms with E-state index < -0.39 is 16.9 Å². The van der Waals surface area contributed by atoms with Gasteiger partial charge in [-0.25, -0.2) is 0 Å². The van der Waals surface area contributed by atoms with E-state index in [1.54, 1.807) is 26.0 Å². The molecule has 28 heavy (non-hydrogen) atoms. The Hall–Kier alpha value is -2.93. The Kier molecular flexibility index (Phi) is 7.12. The second-order valence-electron chi connectivity index (χ2n) is 6.66. The van der Waals surface area contributed by atoms with E-state index in [0.29, 0.717) is 5.69 Å². The van der Waals surface area contributed by atoms with Crippen molar-refractivity contribution in [3.63, 3.8) is 0 Å². The fourth-order valence-corrected chi connectivity index (χ4v) is 2.78. The van der Waals surface area contributed by atoms with E-state index in [0.717, 1.165) is 18.1 Å². The van der Waals surface area contributed by atoms with E-state index in [4.69, 9.17) is 11.6 Å². The minimum atomic E-state index is -0.812. The number of halogens is 1. The second-order valence-corrected chi connectivity index (χ2v) is 7.07. The number of benzene rings is 2. The maximum atomic E-state index is 12.6. The summed E-state index contributed by atoms with van der Waals surface area (Å²) in [6.07, 6.45) is 0.895. The molecule has 2 aromatic carbocycles. The van der Waals surface area contributed by atoms with Gasteiger partial charge in [-0.05, 0) is 42.2 Å². The summed E-state index contributed by atoms with van der Waals surface area (Å²) in [5.41, 5.74) is 1.47. The lowest BCUT2D eigenvalue weighted by atomic mass is 10.0. The number of aryl methyl sites for hydroxylation is 1. The van der Waals surface area contributed by atoms with Crippen LogP contribution in [-0.2, 0) is 11.2 Å². The Labute approximate surface area is 168 Å². The fraction of sp³-hybridized carbons (Fsp3) is 0.300. The van der Waals surface area contributed by atoms with Crippen molar-refractivity contribution >= 4 is 34.8 Å². The van der Waals surface area contributed by atoms with E-state index in [2.05, 4.69) is 10.6 Å². The highest BCUT2D eigenvalue weighted by molar-refractivity contribution is 6.32. The smallest absolute Gasteiger partial charge is 0.288 e. The maximum Gasteiger partial charge on any atom is 0.288 e. The summed E-state index contributed by atoms with van der Waals surface area (Å²) in [5, 5.41) is 16.4. The third kappa shape index (κ3) is 5.29. The average Bonchev–Trinajstić information content (AvgIpc) is 2.66. The quantitative estimate of drug-likeness (QED) is 0.534. The van der Waals surface area contributed by atoms with E-state index in [-0.39, 0.29) is 28.1 Å². The van der Waals surface area contributed by atoms with Crippen molar-refractivity contribution in [1.82, 2.24) is 5.32 Å². The SMILES string of the molecule is CCc1ccc(NC(=O)C(NC(=O)c2ccc(Cl)c([N+](=O)[O-])c2)C(C)C)cc1. The van der Waals surface area contributed by atoms with E-state index in [9.17, 15) is 19.7 Å². The number of hydrogen-bond acceptors (Lipinski definition) is 4. The number of hydrogen-bond donors (Lipinski definition) is 2. The molecule has 0 aliphatic carbocycles. The third-order valence-corrected chi connectivity index (χ3v) is 4.59. The van der Waals surface area contributed by atoms with Gasteiger partial charge in [-0.15, -0.1) is 0 Å². The highest BCUT2D eigenvalue weighted by Gasteiger charge is 2.26. The van der Waals surface area contributed by atoms with Gasteiger partial charge >= 0.3 is 0 Å². The van der Waals surface area contributed by atoms with Crippen LogP contribution >= 0.6 is 11.6 Å². The van der Waals surface area contributed by atoms with Gasteiger partial charge in [0.2, 0.25) is 5.91 Å². The number of nitro groups is 1. The Bertz CT molecular complexity index is 882. The number of nitrogens with one attached hydrogen (secondary N) is 2. The molecule has 2 N–H and O–H groups in total. The minimum Gasteiger partial charge on any atom is -0.340 e. The van der Waals surface area contributed by atoms with Crippen molar-refractivity contribution in [2.45, 2.75) is 33.2 Å². The fourth-order valence-electron chi connectivity index (χ4n) is 2.60. The van der Waals surface area contributed by atoms with Crippen LogP contribution in [0.1, 0.15) is 36.7 Å². The van der Waals surface area contributed by atoms with Crippen LogP contribution in [-0.4, -0.2) is 22.8 Å². The molecule has 0 heterocycles. The Morgan fingerprint density at radius 2 is 1.79 bits per heavy atom. The lowest BCUT2D eigenvalue weighted by Crippen LogP contribution is -2.47. The van der Waals surface area contributed by atoms with Crippen molar-refractivity contribution in [2.24, 2.45) is 5.92 Å².